The fourth-order valence-electron chi connectivity index (χ4n) is 2.25. The highest BCUT2D eigenvalue weighted by atomic mass is 19.1. The molecule has 1 aliphatic rings. The number of ether oxygens (including phenoxy) is 1. The molecular formula is C14H17FN2O. The second-order valence-electron chi connectivity index (χ2n) is 4.53. The molecule has 0 radical (unpaired) electrons. The summed E-state index contributed by atoms with van der Waals surface area (Å²) in [5.41, 5.74) is 0. The van der Waals surface area contributed by atoms with Crippen LogP contribution in [0.15, 0.2) is 24.3 Å². The average molecular weight is 248 g/mol. The SMILES string of the molecule is N#CCC(COc1cccc(F)c1)N1CCCC1. The number of benzene rings is 1. The molecule has 1 fully saturated rings. The van der Waals surface area contributed by atoms with Gasteiger partial charge in [0.1, 0.15) is 18.2 Å². The van der Waals surface area contributed by atoms with Gasteiger partial charge in [-0.1, -0.05) is 6.07 Å². The zero-order valence-electron chi connectivity index (χ0n) is 10.3. The summed E-state index contributed by atoms with van der Waals surface area (Å²) in [6.45, 7) is 2.49. The number of nitriles is 1. The summed E-state index contributed by atoms with van der Waals surface area (Å²) < 4.78 is 18.6. The maximum absolute atomic E-state index is 13.0. The first-order chi connectivity index (χ1) is 8.79. The van der Waals surface area contributed by atoms with Crippen LogP contribution in [0.4, 0.5) is 4.39 Å². The Kier molecular flexibility index (Phi) is 4.54. The first-order valence-electron chi connectivity index (χ1n) is 6.29. The average Bonchev–Trinajstić information content (AvgIpc) is 2.88. The van der Waals surface area contributed by atoms with E-state index in [1.807, 2.05) is 0 Å². The van der Waals surface area contributed by atoms with Crippen LogP contribution in [-0.2, 0) is 0 Å². The summed E-state index contributed by atoms with van der Waals surface area (Å²) in [5.74, 6) is 0.225. The largest absolute Gasteiger partial charge is 0.492 e. The van der Waals surface area contributed by atoms with E-state index in [2.05, 4.69) is 11.0 Å². The highest BCUT2D eigenvalue weighted by Crippen LogP contribution is 2.17. The molecule has 0 spiro atoms. The van der Waals surface area contributed by atoms with Gasteiger partial charge in [0, 0.05) is 6.07 Å². The topological polar surface area (TPSA) is 36.3 Å². The third-order valence-electron chi connectivity index (χ3n) is 3.22. The molecule has 1 aromatic rings. The zero-order valence-corrected chi connectivity index (χ0v) is 10.3. The van der Waals surface area contributed by atoms with E-state index < -0.39 is 0 Å². The first-order valence-corrected chi connectivity index (χ1v) is 6.29. The molecule has 1 aliphatic heterocycles. The number of hydrogen-bond donors (Lipinski definition) is 0. The third kappa shape index (κ3) is 3.44. The lowest BCUT2D eigenvalue weighted by molar-refractivity contribution is 0.162. The Bertz CT molecular complexity index is 424. The Balaban J connectivity index is 1.91. The second-order valence-corrected chi connectivity index (χ2v) is 4.53. The molecule has 2 rings (SSSR count). The molecule has 0 amide bonds. The van der Waals surface area contributed by atoms with Crippen molar-refractivity contribution in [2.75, 3.05) is 19.7 Å². The smallest absolute Gasteiger partial charge is 0.126 e. The predicted octanol–water partition coefficient (Wildman–Crippen LogP) is 2.58. The van der Waals surface area contributed by atoms with Crippen LogP contribution >= 0.6 is 0 Å². The summed E-state index contributed by atoms with van der Waals surface area (Å²) >= 11 is 0. The van der Waals surface area contributed by atoms with Crippen LogP contribution in [0.1, 0.15) is 19.3 Å². The Labute approximate surface area is 107 Å². The molecule has 1 atom stereocenters. The van der Waals surface area contributed by atoms with Gasteiger partial charge in [0.25, 0.3) is 0 Å². The lowest BCUT2D eigenvalue weighted by atomic mass is 10.2. The molecule has 0 bridgehead atoms. The van der Waals surface area contributed by atoms with Gasteiger partial charge in [-0.15, -0.1) is 0 Å². The van der Waals surface area contributed by atoms with Gasteiger partial charge in [-0.25, -0.2) is 4.39 Å². The molecule has 1 unspecified atom stereocenters. The number of nitrogens with zero attached hydrogens (tertiary/aromatic N) is 2. The highest BCUT2D eigenvalue weighted by molar-refractivity contribution is 5.22. The van der Waals surface area contributed by atoms with E-state index in [1.165, 1.54) is 25.0 Å². The normalized spacial score (nSPS) is 17.3. The number of likely N-dealkylation sites (tertiary alicyclic amines) is 1. The number of rotatable bonds is 5. The summed E-state index contributed by atoms with van der Waals surface area (Å²) in [6, 6.07) is 8.42. The van der Waals surface area contributed by atoms with Crippen LogP contribution in [0.3, 0.4) is 0 Å². The van der Waals surface area contributed by atoms with E-state index in [0.29, 0.717) is 18.8 Å². The van der Waals surface area contributed by atoms with Crippen molar-refractivity contribution in [3.8, 4) is 11.8 Å². The molecule has 1 heterocycles. The van der Waals surface area contributed by atoms with Crippen molar-refractivity contribution >= 4 is 0 Å². The van der Waals surface area contributed by atoms with Crippen LogP contribution in [0.5, 0.6) is 5.75 Å². The summed E-state index contributed by atoms with van der Waals surface area (Å²) in [4.78, 5) is 2.28. The standard InChI is InChI=1S/C14H17FN2O/c15-12-4-3-5-14(10-12)18-11-13(6-7-16)17-8-1-2-9-17/h3-5,10,13H,1-2,6,8-9,11H2. The molecule has 0 N–H and O–H groups in total. The molecule has 3 nitrogen and oxygen atoms in total. The Morgan fingerprint density at radius 1 is 1.39 bits per heavy atom. The van der Waals surface area contributed by atoms with E-state index >= 15 is 0 Å². The maximum Gasteiger partial charge on any atom is 0.126 e. The first kappa shape index (κ1) is 12.8. The van der Waals surface area contributed by atoms with Crippen molar-refractivity contribution in [1.29, 1.82) is 5.26 Å². The molecule has 1 aromatic carbocycles. The molecular weight excluding hydrogens is 231 g/mol. The predicted molar refractivity (Wildman–Crippen MR) is 66.7 cm³/mol. The second kappa shape index (κ2) is 6.36. The van der Waals surface area contributed by atoms with Crippen LogP contribution < -0.4 is 4.74 Å². The number of halogens is 1. The molecule has 0 aromatic heterocycles. The molecule has 96 valence electrons. The lowest BCUT2D eigenvalue weighted by Gasteiger charge is -2.25. The van der Waals surface area contributed by atoms with Gasteiger partial charge in [-0.3, -0.25) is 4.90 Å². The van der Waals surface area contributed by atoms with E-state index in [9.17, 15) is 4.39 Å². The van der Waals surface area contributed by atoms with Gasteiger partial charge in [-0.05, 0) is 38.1 Å². The van der Waals surface area contributed by atoms with Crippen molar-refractivity contribution in [3.05, 3.63) is 30.1 Å². The Morgan fingerprint density at radius 3 is 2.83 bits per heavy atom. The molecule has 1 saturated heterocycles. The number of hydrogen-bond acceptors (Lipinski definition) is 3. The highest BCUT2D eigenvalue weighted by Gasteiger charge is 2.22. The third-order valence-corrected chi connectivity index (χ3v) is 3.22. The monoisotopic (exact) mass is 248 g/mol. The minimum atomic E-state index is -0.300. The van der Waals surface area contributed by atoms with Crippen molar-refractivity contribution in [2.24, 2.45) is 0 Å². The van der Waals surface area contributed by atoms with Gasteiger partial charge in [0.15, 0.2) is 0 Å². The minimum Gasteiger partial charge on any atom is -0.492 e. The van der Waals surface area contributed by atoms with E-state index in [0.717, 1.165) is 13.1 Å². The van der Waals surface area contributed by atoms with Crippen molar-refractivity contribution in [2.45, 2.75) is 25.3 Å². The molecule has 4 heteroatoms. The van der Waals surface area contributed by atoms with Crippen molar-refractivity contribution < 1.29 is 9.13 Å². The fraction of sp³-hybridized carbons (Fsp3) is 0.500. The van der Waals surface area contributed by atoms with Crippen molar-refractivity contribution in [1.82, 2.24) is 4.90 Å². The summed E-state index contributed by atoms with van der Waals surface area (Å²) in [5, 5.41) is 8.85. The summed E-state index contributed by atoms with van der Waals surface area (Å²) in [7, 11) is 0. The van der Waals surface area contributed by atoms with E-state index in [1.54, 1.807) is 12.1 Å². The van der Waals surface area contributed by atoms with Crippen LogP contribution in [0, 0.1) is 17.1 Å². The maximum atomic E-state index is 13.0. The Hall–Kier alpha value is -1.60. The Morgan fingerprint density at radius 2 is 2.17 bits per heavy atom. The van der Waals surface area contributed by atoms with Crippen molar-refractivity contribution in [3.63, 3.8) is 0 Å². The molecule has 18 heavy (non-hydrogen) atoms. The van der Waals surface area contributed by atoms with Crippen LogP contribution in [-0.4, -0.2) is 30.6 Å². The van der Waals surface area contributed by atoms with Crippen LogP contribution in [0.25, 0.3) is 0 Å². The minimum absolute atomic E-state index is 0.112. The molecule has 0 aliphatic carbocycles. The molecule has 0 saturated carbocycles. The quantitative estimate of drug-likeness (QED) is 0.803. The van der Waals surface area contributed by atoms with Gasteiger partial charge >= 0.3 is 0 Å². The van der Waals surface area contributed by atoms with Crippen LogP contribution in [0.2, 0.25) is 0 Å². The zero-order chi connectivity index (χ0) is 12.8. The van der Waals surface area contributed by atoms with Gasteiger partial charge in [0.2, 0.25) is 0 Å². The van der Waals surface area contributed by atoms with E-state index in [-0.39, 0.29) is 11.9 Å². The van der Waals surface area contributed by atoms with E-state index in [4.69, 9.17) is 10.00 Å². The van der Waals surface area contributed by atoms with Gasteiger partial charge < -0.3 is 4.74 Å². The lowest BCUT2D eigenvalue weighted by Crippen LogP contribution is -2.37. The van der Waals surface area contributed by atoms with Gasteiger partial charge in [0.05, 0.1) is 18.5 Å². The fourth-order valence-corrected chi connectivity index (χ4v) is 2.25. The summed E-state index contributed by atoms with van der Waals surface area (Å²) in [6.07, 6.45) is 2.82. The van der Waals surface area contributed by atoms with Gasteiger partial charge in [-0.2, -0.15) is 5.26 Å².